The molecule has 242 valence electrons. The van der Waals surface area contributed by atoms with Crippen LogP contribution < -0.4 is 0 Å². The molecule has 5 heteroatoms. The molecule has 0 spiro atoms. The maximum absolute atomic E-state index is 5.31. The maximum atomic E-state index is 5.31. The summed E-state index contributed by atoms with van der Waals surface area (Å²) in [6.07, 6.45) is 3.59. The van der Waals surface area contributed by atoms with Gasteiger partial charge in [-0.15, -0.1) is 0 Å². The first-order valence-corrected chi connectivity index (χ1v) is 17.5. The van der Waals surface area contributed by atoms with Gasteiger partial charge in [0.2, 0.25) is 0 Å². The van der Waals surface area contributed by atoms with Crippen molar-refractivity contribution < 1.29 is 0 Å². The van der Waals surface area contributed by atoms with Gasteiger partial charge in [0.05, 0.1) is 33.3 Å². The molecule has 52 heavy (non-hydrogen) atoms. The monoisotopic (exact) mass is 663 g/mol. The molecule has 0 fully saturated rings. The van der Waals surface area contributed by atoms with E-state index in [1.807, 2.05) is 12.1 Å². The Hall–Kier alpha value is -7.11. The first-order chi connectivity index (χ1) is 25.8. The van der Waals surface area contributed by atoms with Crippen LogP contribution in [0.2, 0.25) is 0 Å². The molecule has 0 radical (unpaired) electrons. The largest absolute Gasteiger partial charge is 0.307 e. The van der Waals surface area contributed by atoms with E-state index >= 15 is 0 Å². The SMILES string of the molecule is c1ccc(-c2nc3ccc(-n4c5ccccc5c5ccc6c7ccccc7n(-c7ccccc7)c6c54)cc3c3cc(-c4ncccn4)ccc23)cc1. The zero-order valence-electron chi connectivity index (χ0n) is 28.0. The molecule has 5 nitrogen and oxygen atoms in total. The number of hydrogen-bond donors (Lipinski definition) is 0. The van der Waals surface area contributed by atoms with Gasteiger partial charge in [0.25, 0.3) is 0 Å². The van der Waals surface area contributed by atoms with Gasteiger partial charge in [-0.2, -0.15) is 0 Å². The standard InChI is InChI=1S/C47H29N5/c1-3-12-30(13-4-1)44-36-22-20-31(47-48-26-11-27-49-47)28-39(36)40-29-33(21-25-41(40)50-44)52-43-19-10-8-17-35(43)38-24-23-37-34-16-7-9-18-42(34)51(45(37)46(38)52)32-14-5-2-6-15-32/h1-29H. The summed E-state index contributed by atoms with van der Waals surface area (Å²) in [7, 11) is 0. The van der Waals surface area contributed by atoms with Crippen molar-refractivity contribution in [3.63, 3.8) is 0 Å². The maximum Gasteiger partial charge on any atom is 0.159 e. The van der Waals surface area contributed by atoms with Crippen LogP contribution in [0.25, 0.3) is 99.3 Å². The van der Waals surface area contributed by atoms with E-state index in [4.69, 9.17) is 4.98 Å². The Morgan fingerprint density at radius 3 is 1.65 bits per heavy atom. The van der Waals surface area contributed by atoms with Crippen LogP contribution in [0.4, 0.5) is 0 Å². The molecule has 0 aliphatic rings. The topological polar surface area (TPSA) is 48.5 Å². The third-order valence-corrected chi connectivity index (χ3v) is 10.4. The fourth-order valence-corrected chi connectivity index (χ4v) is 8.15. The highest BCUT2D eigenvalue weighted by atomic mass is 15.0. The fourth-order valence-electron chi connectivity index (χ4n) is 8.15. The van der Waals surface area contributed by atoms with Gasteiger partial charge in [-0.1, -0.05) is 109 Å². The van der Waals surface area contributed by atoms with Crippen molar-refractivity contribution in [3.8, 4) is 34.0 Å². The lowest BCUT2D eigenvalue weighted by atomic mass is 9.97. The molecule has 0 aliphatic heterocycles. The van der Waals surface area contributed by atoms with Crippen LogP contribution in [0.1, 0.15) is 0 Å². The van der Waals surface area contributed by atoms with Gasteiger partial charge in [0.1, 0.15) is 0 Å². The molecule has 0 bridgehead atoms. The summed E-state index contributed by atoms with van der Waals surface area (Å²) in [6.45, 7) is 0. The number of nitrogens with zero attached hydrogens (tertiary/aromatic N) is 5. The molecule has 0 aliphatic carbocycles. The van der Waals surface area contributed by atoms with Crippen molar-refractivity contribution in [2.24, 2.45) is 0 Å². The van der Waals surface area contributed by atoms with E-state index in [1.54, 1.807) is 12.4 Å². The number of fused-ring (bicyclic) bond motifs is 10. The van der Waals surface area contributed by atoms with Crippen molar-refractivity contribution in [1.29, 1.82) is 0 Å². The highest BCUT2D eigenvalue weighted by Crippen LogP contribution is 2.43. The van der Waals surface area contributed by atoms with E-state index in [1.165, 1.54) is 38.1 Å². The average Bonchev–Trinajstić information content (AvgIpc) is 3.74. The predicted octanol–water partition coefficient (Wildman–Crippen LogP) is 11.7. The number of pyridine rings is 1. The Labute approximate surface area is 298 Å². The van der Waals surface area contributed by atoms with Gasteiger partial charge in [-0.05, 0) is 60.0 Å². The van der Waals surface area contributed by atoms with Gasteiger partial charge in [-0.3, -0.25) is 0 Å². The summed E-state index contributed by atoms with van der Waals surface area (Å²) < 4.78 is 4.88. The number of hydrogen-bond acceptors (Lipinski definition) is 3. The van der Waals surface area contributed by atoms with Crippen LogP contribution in [0.15, 0.2) is 176 Å². The highest BCUT2D eigenvalue weighted by molar-refractivity contribution is 6.24. The Morgan fingerprint density at radius 2 is 0.962 bits per heavy atom. The average molecular weight is 664 g/mol. The molecule has 0 saturated heterocycles. The smallest absolute Gasteiger partial charge is 0.159 e. The first kappa shape index (κ1) is 28.7. The summed E-state index contributed by atoms with van der Waals surface area (Å²) in [5, 5.41) is 8.17. The number of para-hydroxylation sites is 3. The molecular formula is C47H29N5. The molecule has 0 amide bonds. The Balaban J connectivity index is 1.28. The van der Waals surface area contributed by atoms with Gasteiger partial charge in [-0.25, -0.2) is 15.0 Å². The van der Waals surface area contributed by atoms with Crippen LogP contribution in [-0.2, 0) is 0 Å². The number of aromatic nitrogens is 5. The second-order valence-electron chi connectivity index (χ2n) is 13.3. The predicted molar refractivity (Wildman–Crippen MR) is 214 cm³/mol. The van der Waals surface area contributed by atoms with Crippen molar-refractivity contribution in [3.05, 3.63) is 176 Å². The minimum Gasteiger partial charge on any atom is -0.307 e. The summed E-state index contributed by atoms with van der Waals surface area (Å²) in [6, 6.07) is 58.3. The number of benzene rings is 7. The van der Waals surface area contributed by atoms with Crippen LogP contribution in [0.3, 0.4) is 0 Å². The zero-order chi connectivity index (χ0) is 34.2. The lowest BCUT2D eigenvalue weighted by molar-refractivity contribution is 1.15. The fraction of sp³-hybridized carbons (Fsp3) is 0. The van der Waals surface area contributed by atoms with Crippen molar-refractivity contribution >= 4 is 65.3 Å². The third kappa shape index (κ3) is 4.20. The van der Waals surface area contributed by atoms with E-state index in [-0.39, 0.29) is 0 Å². The normalized spacial score (nSPS) is 11.8. The second-order valence-corrected chi connectivity index (χ2v) is 13.3. The van der Waals surface area contributed by atoms with E-state index in [0.29, 0.717) is 5.82 Å². The van der Waals surface area contributed by atoms with Crippen LogP contribution in [-0.4, -0.2) is 24.1 Å². The summed E-state index contributed by atoms with van der Waals surface area (Å²) in [5.41, 5.74) is 10.9. The number of rotatable bonds is 4. The van der Waals surface area contributed by atoms with Crippen molar-refractivity contribution in [1.82, 2.24) is 24.1 Å². The van der Waals surface area contributed by atoms with E-state index < -0.39 is 0 Å². The third-order valence-electron chi connectivity index (χ3n) is 10.4. The Kier molecular flexibility index (Phi) is 6.18. The van der Waals surface area contributed by atoms with E-state index in [9.17, 15) is 0 Å². The van der Waals surface area contributed by atoms with E-state index in [0.717, 1.165) is 55.4 Å². The van der Waals surface area contributed by atoms with Gasteiger partial charge < -0.3 is 9.13 Å². The van der Waals surface area contributed by atoms with Crippen LogP contribution in [0.5, 0.6) is 0 Å². The molecule has 0 unspecified atom stereocenters. The zero-order valence-corrected chi connectivity index (χ0v) is 28.0. The molecule has 4 heterocycles. The molecule has 11 rings (SSSR count). The molecule has 0 N–H and O–H groups in total. The summed E-state index contributed by atoms with van der Waals surface area (Å²) in [5.74, 6) is 0.699. The minimum atomic E-state index is 0.699. The molecule has 7 aromatic carbocycles. The quantitative estimate of drug-likeness (QED) is 0.176. The van der Waals surface area contributed by atoms with Crippen LogP contribution >= 0.6 is 0 Å². The molecular weight excluding hydrogens is 635 g/mol. The molecule has 0 atom stereocenters. The second kappa shape index (κ2) is 11.2. The van der Waals surface area contributed by atoms with Crippen molar-refractivity contribution in [2.45, 2.75) is 0 Å². The summed E-state index contributed by atoms with van der Waals surface area (Å²) in [4.78, 5) is 14.5. The van der Waals surface area contributed by atoms with Crippen LogP contribution in [0, 0.1) is 0 Å². The molecule has 0 saturated carbocycles. The van der Waals surface area contributed by atoms with Gasteiger partial charge >= 0.3 is 0 Å². The highest BCUT2D eigenvalue weighted by Gasteiger charge is 2.22. The van der Waals surface area contributed by atoms with E-state index in [2.05, 4.69) is 171 Å². The lowest BCUT2D eigenvalue weighted by Gasteiger charge is -2.15. The first-order valence-electron chi connectivity index (χ1n) is 17.5. The van der Waals surface area contributed by atoms with Gasteiger partial charge in [0, 0.05) is 67.2 Å². The van der Waals surface area contributed by atoms with Crippen molar-refractivity contribution in [2.75, 3.05) is 0 Å². The van der Waals surface area contributed by atoms with Gasteiger partial charge in [0.15, 0.2) is 5.82 Å². The summed E-state index contributed by atoms with van der Waals surface area (Å²) >= 11 is 0. The molecule has 4 aromatic heterocycles. The Bertz CT molecular complexity index is 3160. The minimum absolute atomic E-state index is 0.699. The lowest BCUT2D eigenvalue weighted by Crippen LogP contribution is -1.99. The molecule has 11 aromatic rings. The Morgan fingerprint density at radius 1 is 0.365 bits per heavy atom.